The van der Waals surface area contributed by atoms with Crippen LogP contribution in [-0.4, -0.2) is 17.5 Å². The molecule has 0 saturated carbocycles. The van der Waals surface area contributed by atoms with Crippen LogP contribution in [0.15, 0.2) is 12.2 Å². The Kier molecular flexibility index (Phi) is 15.9. The molecule has 2 heteroatoms. The third-order valence-electron chi connectivity index (χ3n) is 3.66. The van der Waals surface area contributed by atoms with Gasteiger partial charge >= 0.3 is 0 Å². The first-order valence-corrected chi connectivity index (χ1v) is 8.58. The summed E-state index contributed by atoms with van der Waals surface area (Å²) in [5, 5.41) is 9.83. The Labute approximate surface area is 125 Å². The van der Waals surface area contributed by atoms with Crippen molar-refractivity contribution < 1.29 is 9.90 Å². The first-order chi connectivity index (χ1) is 9.81. The molecule has 2 nitrogen and oxygen atoms in total. The van der Waals surface area contributed by atoms with Gasteiger partial charge in [0.1, 0.15) is 6.29 Å². The van der Waals surface area contributed by atoms with Crippen molar-refractivity contribution in [2.45, 2.75) is 96.5 Å². The smallest absolute Gasteiger partial charge is 0.119 e. The number of aliphatic hydroxyl groups is 1. The van der Waals surface area contributed by atoms with Gasteiger partial charge in [-0.05, 0) is 32.1 Å². The predicted octanol–water partition coefficient (Wildman–Crippen LogP) is 5.19. The summed E-state index contributed by atoms with van der Waals surface area (Å²) in [6.07, 6.45) is 19.6. The number of carbonyl (C=O) groups excluding carboxylic acids is 1. The lowest BCUT2D eigenvalue weighted by Gasteiger charge is -2.07. The molecule has 0 aromatic heterocycles. The van der Waals surface area contributed by atoms with Gasteiger partial charge in [-0.25, -0.2) is 0 Å². The predicted molar refractivity (Wildman–Crippen MR) is 86.9 cm³/mol. The highest BCUT2D eigenvalue weighted by atomic mass is 16.3. The minimum Gasteiger partial charge on any atom is -0.393 e. The van der Waals surface area contributed by atoms with Crippen LogP contribution in [-0.2, 0) is 4.79 Å². The van der Waals surface area contributed by atoms with Crippen molar-refractivity contribution in [3.05, 3.63) is 12.2 Å². The number of aliphatic hydroxyl groups excluding tert-OH is 1. The molecule has 0 fully saturated rings. The highest BCUT2D eigenvalue weighted by Gasteiger charge is 2.01. The van der Waals surface area contributed by atoms with E-state index in [4.69, 9.17) is 0 Å². The number of rotatable bonds is 15. The lowest BCUT2D eigenvalue weighted by atomic mass is 10.0. The summed E-state index contributed by atoms with van der Waals surface area (Å²) >= 11 is 0. The third-order valence-corrected chi connectivity index (χ3v) is 3.66. The second kappa shape index (κ2) is 16.4. The fraction of sp³-hybridized carbons (Fsp3) is 0.833. The van der Waals surface area contributed by atoms with Crippen LogP contribution in [0, 0.1) is 0 Å². The van der Waals surface area contributed by atoms with E-state index < -0.39 is 0 Å². The summed E-state index contributed by atoms with van der Waals surface area (Å²) in [5.74, 6) is 0. The molecule has 0 rings (SSSR count). The van der Waals surface area contributed by atoms with Crippen LogP contribution in [0.5, 0.6) is 0 Å². The van der Waals surface area contributed by atoms with Gasteiger partial charge in [0.25, 0.3) is 0 Å². The Balaban J connectivity index is 3.23. The topological polar surface area (TPSA) is 37.3 Å². The van der Waals surface area contributed by atoms with E-state index in [1.54, 1.807) is 0 Å². The fourth-order valence-corrected chi connectivity index (χ4v) is 2.32. The first-order valence-electron chi connectivity index (χ1n) is 8.58. The Hall–Kier alpha value is -0.630. The molecule has 0 amide bonds. The van der Waals surface area contributed by atoms with E-state index in [9.17, 15) is 9.90 Å². The van der Waals surface area contributed by atoms with E-state index in [2.05, 4.69) is 19.1 Å². The first kappa shape index (κ1) is 19.4. The van der Waals surface area contributed by atoms with E-state index in [1.165, 1.54) is 44.9 Å². The summed E-state index contributed by atoms with van der Waals surface area (Å²) in [6.45, 7) is 2.22. The van der Waals surface area contributed by atoms with E-state index >= 15 is 0 Å². The molecule has 0 aliphatic rings. The molecule has 0 bridgehead atoms. The Bertz CT molecular complexity index is 223. The van der Waals surface area contributed by atoms with Crippen LogP contribution in [0.25, 0.3) is 0 Å². The van der Waals surface area contributed by atoms with Crippen molar-refractivity contribution in [3.63, 3.8) is 0 Å². The molecule has 0 aliphatic carbocycles. The molecule has 1 N–H and O–H groups in total. The van der Waals surface area contributed by atoms with Gasteiger partial charge in [0.15, 0.2) is 0 Å². The van der Waals surface area contributed by atoms with E-state index in [1.807, 2.05) is 0 Å². The van der Waals surface area contributed by atoms with Crippen LogP contribution >= 0.6 is 0 Å². The summed E-state index contributed by atoms with van der Waals surface area (Å²) < 4.78 is 0. The van der Waals surface area contributed by atoms with Gasteiger partial charge in [-0.1, -0.05) is 64.0 Å². The average Bonchev–Trinajstić information content (AvgIpc) is 2.45. The van der Waals surface area contributed by atoms with Crippen molar-refractivity contribution in [1.29, 1.82) is 0 Å². The maximum Gasteiger partial charge on any atom is 0.119 e. The SMILES string of the molecule is CCCCC/C=C\CC(O)CCCCCCCCC=O. The molecule has 0 spiro atoms. The van der Waals surface area contributed by atoms with Crippen LogP contribution < -0.4 is 0 Å². The number of aldehydes is 1. The minimum atomic E-state index is -0.160. The zero-order chi connectivity index (χ0) is 14.9. The second-order valence-corrected chi connectivity index (χ2v) is 5.72. The molecule has 0 aromatic rings. The van der Waals surface area contributed by atoms with Crippen molar-refractivity contribution in [2.24, 2.45) is 0 Å². The molecule has 0 aromatic carbocycles. The largest absolute Gasteiger partial charge is 0.393 e. The normalized spacial score (nSPS) is 12.9. The van der Waals surface area contributed by atoms with Gasteiger partial charge in [0.05, 0.1) is 6.10 Å². The highest BCUT2D eigenvalue weighted by Crippen LogP contribution is 2.11. The minimum absolute atomic E-state index is 0.160. The van der Waals surface area contributed by atoms with Gasteiger partial charge in [-0.15, -0.1) is 0 Å². The fourth-order valence-electron chi connectivity index (χ4n) is 2.32. The molecule has 1 atom stereocenters. The zero-order valence-corrected chi connectivity index (χ0v) is 13.4. The van der Waals surface area contributed by atoms with Gasteiger partial charge in [-0.2, -0.15) is 0 Å². The van der Waals surface area contributed by atoms with E-state index in [0.717, 1.165) is 38.4 Å². The zero-order valence-electron chi connectivity index (χ0n) is 13.4. The number of carbonyl (C=O) groups is 1. The highest BCUT2D eigenvalue weighted by molar-refractivity contribution is 5.48. The van der Waals surface area contributed by atoms with Gasteiger partial charge < -0.3 is 9.90 Å². The molecule has 20 heavy (non-hydrogen) atoms. The second-order valence-electron chi connectivity index (χ2n) is 5.72. The van der Waals surface area contributed by atoms with E-state index in [-0.39, 0.29) is 6.10 Å². The summed E-state index contributed by atoms with van der Waals surface area (Å²) in [6, 6.07) is 0. The van der Waals surface area contributed by atoms with Crippen molar-refractivity contribution >= 4 is 6.29 Å². The maximum absolute atomic E-state index is 10.1. The number of hydrogen-bond donors (Lipinski definition) is 1. The van der Waals surface area contributed by atoms with Crippen LogP contribution in [0.2, 0.25) is 0 Å². The van der Waals surface area contributed by atoms with Gasteiger partial charge in [-0.3, -0.25) is 0 Å². The van der Waals surface area contributed by atoms with Crippen molar-refractivity contribution in [1.82, 2.24) is 0 Å². The summed E-state index contributed by atoms with van der Waals surface area (Å²) in [7, 11) is 0. The monoisotopic (exact) mass is 282 g/mol. The van der Waals surface area contributed by atoms with Crippen LogP contribution in [0.3, 0.4) is 0 Å². The van der Waals surface area contributed by atoms with Crippen molar-refractivity contribution in [2.75, 3.05) is 0 Å². The van der Waals surface area contributed by atoms with Crippen molar-refractivity contribution in [3.8, 4) is 0 Å². The molecule has 0 radical (unpaired) electrons. The molecule has 118 valence electrons. The third kappa shape index (κ3) is 15.4. The lowest BCUT2D eigenvalue weighted by Crippen LogP contribution is -2.04. The average molecular weight is 282 g/mol. The van der Waals surface area contributed by atoms with E-state index in [0.29, 0.717) is 6.42 Å². The molecular formula is C18H34O2. The molecule has 1 unspecified atom stereocenters. The number of allylic oxidation sites excluding steroid dienone is 1. The quantitative estimate of drug-likeness (QED) is 0.255. The van der Waals surface area contributed by atoms with Gasteiger partial charge in [0.2, 0.25) is 0 Å². The molecule has 0 aliphatic heterocycles. The summed E-state index contributed by atoms with van der Waals surface area (Å²) in [5.41, 5.74) is 0. The Morgan fingerprint density at radius 1 is 0.850 bits per heavy atom. The number of unbranched alkanes of at least 4 members (excludes halogenated alkanes) is 9. The van der Waals surface area contributed by atoms with Gasteiger partial charge in [0, 0.05) is 6.42 Å². The Morgan fingerprint density at radius 2 is 1.50 bits per heavy atom. The lowest BCUT2D eigenvalue weighted by molar-refractivity contribution is -0.107. The van der Waals surface area contributed by atoms with Crippen LogP contribution in [0.1, 0.15) is 90.4 Å². The standard InChI is InChI=1S/C18H34O2/c1-2-3-4-5-9-12-15-18(20)16-13-10-7-6-8-11-14-17-19/h9,12,17-18,20H,2-8,10-11,13-16H2,1H3/b12-9-. The van der Waals surface area contributed by atoms with Crippen LogP contribution in [0.4, 0.5) is 0 Å². The molecular weight excluding hydrogens is 248 g/mol. The maximum atomic E-state index is 10.1. The molecule has 0 heterocycles. The Morgan fingerprint density at radius 3 is 2.20 bits per heavy atom. The number of hydrogen-bond acceptors (Lipinski definition) is 2. The summed E-state index contributed by atoms with van der Waals surface area (Å²) in [4.78, 5) is 10.1. The molecule has 0 saturated heterocycles.